The highest BCUT2D eigenvalue weighted by molar-refractivity contribution is 7.16. The fourth-order valence-corrected chi connectivity index (χ4v) is 2.07. The molecule has 0 aliphatic heterocycles. The number of nitrogens with one attached hydrogen (secondary N) is 1. The lowest BCUT2D eigenvalue weighted by atomic mass is 10.2. The lowest BCUT2D eigenvalue weighted by Gasteiger charge is -2.05. The molecule has 1 heterocycles. The van der Waals surface area contributed by atoms with Gasteiger partial charge in [-0.1, -0.05) is 0 Å². The van der Waals surface area contributed by atoms with Gasteiger partial charge in [-0.15, -0.1) is 11.3 Å². The van der Waals surface area contributed by atoms with Crippen LogP contribution in [-0.4, -0.2) is 18.0 Å². The molecule has 2 rings (SSSR count). The zero-order chi connectivity index (χ0) is 10.8. The van der Waals surface area contributed by atoms with Crippen LogP contribution in [0.1, 0.15) is 6.92 Å². The van der Waals surface area contributed by atoms with E-state index in [1.807, 2.05) is 6.07 Å². The van der Waals surface area contributed by atoms with E-state index < -0.39 is 0 Å². The number of benzene rings is 1. The van der Waals surface area contributed by atoms with Crippen LogP contribution in [0.2, 0.25) is 0 Å². The first-order chi connectivity index (χ1) is 7.20. The summed E-state index contributed by atoms with van der Waals surface area (Å²) in [4.78, 5) is 15.2. The molecular formula is C10H10N2O2S. The number of thiazole rings is 1. The average Bonchev–Trinajstić information content (AvgIpc) is 2.64. The molecule has 0 aliphatic rings. The molecule has 0 saturated carbocycles. The molecule has 0 fully saturated rings. The molecule has 0 saturated heterocycles. The quantitative estimate of drug-likeness (QED) is 0.848. The molecule has 4 nitrogen and oxygen atoms in total. The van der Waals surface area contributed by atoms with Crippen molar-refractivity contribution in [3.8, 4) is 5.75 Å². The maximum Gasteiger partial charge on any atom is 0.221 e. The number of nitrogens with zero attached hydrogens (tertiary/aromatic N) is 1. The van der Waals surface area contributed by atoms with Gasteiger partial charge in [0, 0.05) is 13.0 Å². The molecule has 1 N–H and O–H groups in total. The van der Waals surface area contributed by atoms with E-state index in [-0.39, 0.29) is 5.91 Å². The molecule has 0 unspecified atom stereocenters. The molecule has 0 aliphatic carbocycles. The van der Waals surface area contributed by atoms with Crippen LogP contribution in [0.3, 0.4) is 0 Å². The number of anilines is 1. The van der Waals surface area contributed by atoms with Gasteiger partial charge in [0.15, 0.2) is 0 Å². The molecule has 78 valence electrons. The fraction of sp³-hybridized carbons (Fsp3) is 0.200. The zero-order valence-electron chi connectivity index (χ0n) is 8.40. The van der Waals surface area contributed by atoms with Crippen molar-refractivity contribution < 1.29 is 9.53 Å². The van der Waals surface area contributed by atoms with Crippen LogP contribution in [0.4, 0.5) is 5.69 Å². The number of hydrogen-bond donors (Lipinski definition) is 1. The standard InChI is InChI=1S/C10H10N2O2S/c1-6(13)12-8-3-7(14-2)4-9-10(8)11-5-15-9/h3-5H,1-2H3,(H,12,13). The van der Waals surface area contributed by atoms with E-state index in [0.717, 1.165) is 16.0 Å². The minimum absolute atomic E-state index is 0.113. The summed E-state index contributed by atoms with van der Waals surface area (Å²) < 4.78 is 6.14. The Kier molecular flexibility index (Phi) is 2.55. The number of carbonyl (C=O) groups is 1. The highest BCUT2D eigenvalue weighted by atomic mass is 32.1. The smallest absolute Gasteiger partial charge is 0.221 e. The Labute approximate surface area is 90.9 Å². The van der Waals surface area contributed by atoms with Gasteiger partial charge in [0.2, 0.25) is 5.91 Å². The van der Waals surface area contributed by atoms with Crippen LogP contribution >= 0.6 is 11.3 Å². The molecule has 1 amide bonds. The predicted molar refractivity (Wildman–Crippen MR) is 60.5 cm³/mol. The average molecular weight is 222 g/mol. The Bertz CT molecular complexity index is 507. The largest absolute Gasteiger partial charge is 0.497 e. The number of carbonyl (C=O) groups excluding carboxylic acids is 1. The minimum atomic E-state index is -0.113. The minimum Gasteiger partial charge on any atom is -0.497 e. The van der Waals surface area contributed by atoms with E-state index in [9.17, 15) is 4.79 Å². The molecule has 5 heteroatoms. The second kappa shape index (κ2) is 3.86. The first kappa shape index (κ1) is 9.92. The van der Waals surface area contributed by atoms with Crippen LogP contribution in [0.25, 0.3) is 10.2 Å². The molecule has 15 heavy (non-hydrogen) atoms. The lowest BCUT2D eigenvalue weighted by Crippen LogP contribution is -2.06. The van der Waals surface area contributed by atoms with Gasteiger partial charge in [0.05, 0.1) is 23.0 Å². The van der Waals surface area contributed by atoms with Crippen molar-refractivity contribution in [2.75, 3.05) is 12.4 Å². The van der Waals surface area contributed by atoms with E-state index in [1.54, 1.807) is 18.7 Å². The topological polar surface area (TPSA) is 51.2 Å². The Morgan fingerprint density at radius 3 is 3.00 bits per heavy atom. The molecule has 0 bridgehead atoms. The number of rotatable bonds is 2. The number of amides is 1. The summed E-state index contributed by atoms with van der Waals surface area (Å²) >= 11 is 1.52. The third kappa shape index (κ3) is 1.92. The number of ether oxygens (including phenoxy) is 1. The molecule has 1 aromatic carbocycles. The Morgan fingerprint density at radius 1 is 1.53 bits per heavy atom. The second-order valence-corrected chi connectivity index (χ2v) is 3.94. The normalized spacial score (nSPS) is 10.3. The molecule has 1 aromatic heterocycles. The lowest BCUT2D eigenvalue weighted by molar-refractivity contribution is -0.114. The summed E-state index contributed by atoms with van der Waals surface area (Å²) in [5.74, 6) is 0.605. The van der Waals surface area contributed by atoms with Crippen molar-refractivity contribution in [1.82, 2.24) is 4.98 Å². The molecule has 0 atom stereocenters. The van der Waals surface area contributed by atoms with Gasteiger partial charge in [-0.05, 0) is 6.07 Å². The van der Waals surface area contributed by atoms with E-state index in [4.69, 9.17) is 4.74 Å². The van der Waals surface area contributed by atoms with Gasteiger partial charge in [-0.25, -0.2) is 4.98 Å². The number of fused-ring (bicyclic) bond motifs is 1. The Morgan fingerprint density at radius 2 is 2.33 bits per heavy atom. The second-order valence-electron chi connectivity index (χ2n) is 3.06. The highest BCUT2D eigenvalue weighted by Crippen LogP contribution is 2.30. The molecule has 0 spiro atoms. The van der Waals surface area contributed by atoms with Gasteiger partial charge in [0.1, 0.15) is 11.3 Å². The highest BCUT2D eigenvalue weighted by Gasteiger charge is 2.08. The van der Waals surface area contributed by atoms with E-state index in [1.165, 1.54) is 18.3 Å². The van der Waals surface area contributed by atoms with E-state index in [2.05, 4.69) is 10.3 Å². The van der Waals surface area contributed by atoms with Crippen molar-refractivity contribution in [3.63, 3.8) is 0 Å². The van der Waals surface area contributed by atoms with Gasteiger partial charge in [-0.2, -0.15) is 0 Å². The first-order valence-electron chi connectivity index (χ1n) is 4.39. The summed E-state index contributed by atoms with van der Waals surface area (Å²) in [6.45, 7) is 1.47. The Hall–Kier alpha value is -1.62. The SMILES string of the molecule is COc1cc(NC(C)=O)c2ncsc2c1. The van der Waals surface area contributed by atoms with Crippen molar-refractivity contribution >= 4 is 33.1 Å². The fourth-order valence-electron chi connectivity index (χ4n) is 1.34. The molecule has 0 radical (unpaired) electrons. The first-order valence-corrected chi connectivity index (χ1v) is 5.27. The van der Waals surface area contributed by atoms with E-state index in [0.29, 0.717) is 5.69 Å². The van der Waals surface area contributed by atoms with Crippen molar-refractivity contribution in [2.24, 2.45) is 0 Å². The number of hydrogen-bond acceptors (Lipinski definition) is 4. The molecular weight excluding hydrogens is 212 g/mol. The Balaban J connectivity index is 2.57. The van der Waals surface area contributed by atoms with Gasteiger partial charge >= 0.3 is 0 Å². The van der Waals surface area contributed by atoms with Gasteiger partial charge in [0.25, 0.3) is 0 Å². The summed E-state index contributed by atoms with van der Waals surface area (Å²) in [6, 6.07) is 3.67. The summed E-state index contributed by atoms with van der Waals surface area (Å²) in [7, 11) is 1.60. The van der Waals surface area contributed by atoms with Crippen LogP contribution in [-0.2, 0) is 4.79 Å². The third-order valence-electron chi connectivity index (χ3n) is 1.96. The van der Waals surface area contributed by atoms with Crippen molar-refractivity contribution in [3.05, 3.63) is 17.6 Å². The van der Waals surface area contributed by atoms with Crippen molar-refractivity contribution in [2.45, 2.75) is 6.92 Å². The summed E-state index contributed by atoms with van der Waals surface area (Å²) in [5.41, 5.74) is 3.24. The number of methoxy groups -OCH3 is 1. The summed E-state index contributed by atoms with van der Waals surface area (Å²) in [5, 5.41) is 2.73. The monoisotopic (exact) mass is 222 g/mol. The van der Waals surface area contributed by atoms with Crippen LogP contribution < -0.4 is 10.1 Å². The van der Waals surface area contributed by atoms with Crippen LogP contribution in [0, 0.1) is 0 Å². The maximum absolute atomic E-state index is 11.0. The van der Waals surface area contributed by atoms with Gasteiger partial charge < -0.3 is 10.1 Å². The van der Waals surface area contributed by atoms with Crippen LogP contribution in [0.15, 0.2) is 17.6 Å². The summed E-state index contributed by atoms with van der Waals surface area (Å²) in [6.07, 6.45) is 0. The van der Waals surface area contributed by atoms with Gasteiger partial charge in [-0.3, -0.25) is 4.79 Å². The number of aromatic nitrogens is 1. The van der Waals surface area contributed by atoms with E-state index >= 15 is 0 Å². The molecule has 2 aromatic rings. The zero-order valence-corrected chi connectivity index (χ0v) is 9.22. The predicted octanol–water partition coefficient (Wildman–Crippen LogP) is 2.26. The third-order valence-corrected chi connectivity index (χ3v) is 2.73. The maximum atomic E-state index is 11.0. The van der Waals surface area contributed by atoms with Crippen LogP contribution in [0.5, 0.6) is 5.75 Å². The van der Waals surface area contributed by atoms with Crippen molar-refractivity contribution in [1.29, 1.82) is 0 Å².